The van der Waals surface area contributed by atoms with Crippen LogP contribution in [0.25, 0.3) is 0 Å². The normalized spacial score (nSPS) is 34.9. The molecule has 1 N–H and O–H groups in total. The molecule has 0 aromatic rings. The third kappa shape index (κ3) is 2.90. The highest BCUT2D eigenvalue weighted by molar-refractivity contribution is 5.67. The summed E-state index contributed by atoms with van der Waals surface area (Å²) in [7, 11) is 0. The van der Waals surface area contributed by atoms with Gasteiger partial charge in [0.2, 0.25) is 6.29 Å². The van der Waals surface area contributed by atoms with Crippen LogP contribution in [0, 0.1) is 0 Å². The van der Waals surface area contributed by atoms with Crippen LogP contribution in [0.1, 0.15) is 20.8 Å². The largest absolute Gasteiger partial charge is 0.453 e. The molecule has 1 unspecified atom stereocenters. The lowest BCUT2D eigenvalue weighted by Gasteiger charge is -2.19. The summed E-state index contributed by atoms with van der Waals surface area (Å²) in [4.78, 5) is 21.5. The summed E-state index contributed by atoms with van der Waals surface area (Å²) in [5.41, 5.74) is 0. The first-order chi connectivity index (χ1) is 6.91. The van der Waals surface area contributed by atoms with E-state index in [2.05, 4.69) is 0 Å². The minimum absolute atomic E-state index is 0.543. The first-order valence-corrected chi connectivity index (χ1v) is 4.59. The Morgan fingerprint density at radius 2 is 1.73 bits per heavy atom. The molecule has 1 aliphatic rings. The van der Waals surface area contributed by atoms with Gasteiger partial charge in [-0.3, -0.25) is 9.59 Å². The Bertz CT molecular complexity index is 263. The zero-order chi connectivity index (χ0) is 11.6. The SMILES string of the molecule is CC(=O)OC1O[C@H](C)[C@@H](O)[C@H]1OC(C)=O. The van der Waals surface area contributed by atoms with Crippen LogP contribution in [0.15, 0.2) is 0 Å². The molecular weight excluding hydrogens is 204 g/mol. The van der Waals surface area contributed by atoms with Crippen molar-refractivity contribution in [2.24, 2.45) is 0 Å². The zero-order valence-electron chi connectivity index (χ0n) is 8.80. The van der Waals surface area contributed by atoms with Gasteiger partial charge in [-0.1, -0.05) is 0 Å². The second kappa shape index (κ2) is 4.59. The van der Waals surface area contributed by atoms with Gasteiger partial charge in [-0.2, -0.15) is 0 Å². The quantitative estimate of drug-likeness (QED) is 0.634. The van der Waals surface area contributed by atoms with Gasteiger partial charge >= 0.3 is 11.9 Å². The van der Waals surface area contributed by atoms with Gasteiger partial charge in [-0.15, -0.1) is 0 Å². The maximum atomic E-state index is 10.8. The highest BCUT2D eigenvalue weighted by atomic mass is 16.7. The molecule has 1 fully saturated rings. The molecule has 86 valence electrons. The maximum absolute atomic E-state index is 10.8. The highest BCUT2D eigenvalue weighted by Crippen LogP contribution is 2.24. The summed E-state index contributed by atoms with van der Waals surface area (Å²) in [6, 6.07) is 0. The van der Waals surface area contributed by atoms with Crippen molar-refractivity contribution in [1.29, 1.82) is 0 Å². The van der Waals surface area contributed by atoms with Crippen molar-refractivity contribution in [1.82, 2.24) is 0 Å². The van der Waals surface area contributed by atoms with Crippen LogP contribution in [0.3, 0.4) is 0 Å². The molecule has 1 aliphatic heterocycles. The fraction of sp³-hybridized carbons (Fsp3) is 0.778. The maximum Gasteiger partial charge on any atom is 0.305 e. The number of carbonyl (C=O) groups is 2. The number of rotatable bonds is 2. The average Bonchev–Trinajstić information content (AvgIpc) is 2.31. The van der Waals surface area contributed by atoms with E-state index in [0.29, 0.717) is 0 Å². The van der Waals surface area contributed by atoms with E-state index in [0.717, 1.165) is 0 Å². The fourth-order valence-corrected chi connectivity index (χ4v) is 1.37. The van der Waals surface area contributed by atoms with E-state index >= 15 is 0 Å². The van der Waals surface area contributed by atoms with Crippen molar-refractivity contribution < 1.29 is 28.9 Å². The Morgan fingerprint density at radius 1 is 1.20 bits per heavy atom. The number of aliphatic hydroxyl groups is 1. The van der Waals surface area contributed by atoms with E-state index in [-0.39, 0.29) is 0 Å². The first-order valence-electron chi connectivity index (χ1n) is 4.59. The Kier molecular flexibility index (Phi) is 3.65. The fourth-order valence-electron chi connectivity index (χ4n) is 1.37. The Morgan fingerprint density at radius 3 is 2.20 bits per heavy atom. The third-order valence-electron chi connectivity index (χ3n) is 2.02. The smallest absolute Gasteiger partial charge is 0.305 e. The van der Waals surface area contributed by atoms with Crippen LogP contribution in [-0.4, -0.2) is 41.6 Å². The lowest BCUT2D eigenvalue weighted by Crippen LogP contribution is -2.37. The van der Waals surface area contributed by atoms with Crippen LogP contribution in [-0.2, 0) is 23.8 Å². The number of carbonyl (C=O) groups excluding carboxylic acids is 2. The van der Waals surface area contributed by atoms with E-state index in [9.17, 15) is 14.7 Å². The van der Waals surface area contributed by atoms with Gasteiger partial charge in [0.25, 0.3) is 0 Å². The van der Waals surface area contributed by atoms with Crippen LogP contribution in [0.2, 0.25) is 0 Å². The van der Waals surface area contributed by atoms with Crippen molar-refractivity contribution in [3.63, 3.8) is 0 Å². The Hall–Kier alpha value is -1.14. The minimum Gasteiger partial charge on any atom is -0.453 e. The number of hydrogen-bond donors (Lipinski definition) is 1. The molecule has 1 rings (SSSR count). The summed E-state index contributed by atoms with van der Waals surface area (Å²) in [6.45, 7) is 4.02. The molecule has 0 aliphatic carbocycles. The predicted molar refractivity (Wildman–Crippen MR) is 47.7 cm³/mol. The second-order valence-electron chi connectivity index (χ2n) is 3.38. The molecule has 4 atom stereocenters. The molecule has 6 nitrogen and oxygen atoms in total. The van der Waals surface area contributed by atoms with Gasteiger partial charge in [0.05, 0.1) is 6.10 Å². The van der Waals surface area contributed by atoms with Gasteiger partial charge in [-0.25, -0.2) is 0 Å². The lowest BCUT2D eigenvalue weighted by atomic mass is 10.1. The number of ether oxygens (including phenoxy) is 3. The molecule has 0 aromatic heterocycles. The molecule has 0 saturated carbocycles. The van der Waals surface area contributed by atoms with E-state index in [1.807, 2.05) is 0 Å². The molecule has 0 bridgehead atoms. The molecule has 1 saturated heterocycles. The van der Waals surface area contributed by atoms with Gasteiger partial charge in [0.15, 0.2) is 6.10 Å². The summed E-state index contributed by atoms with van der Waals surface area (Å²) < 4.78 is 14.7. The number of aliphatic hydroxyl groups excluding tert-OH is 1. The van der Waals surface area contributed by atoms with Crippen molar-refractivity contribution in [2.45, 2.75) is 45.4 Å². The molecule has 6 heteroatoms. The standard InChI is InChI=1S/C9H14O6/c1-4-7(12)8(14-5(2)10)9(13-4)15-6(3)11/h4,7-9,12H,1-3H3/t4-,7-,8-,9?/m1/s1. The van der Waals surface area contributed by atoms with E-state index in [1.165, 1.54) is 13.8 Å². The second-order valence-corrected chi connectivity index (χ2v) is 3.38. The topological polar surface area (TPSA) is 82.1 Å². The third-order valence-corrected chi connectivity index (χ3v) is 2.02. The van der Waals surface area contributed by atoms with Crippen molar-refractivity contribution >= 4 is 11.9 Å². The zero-order valence-corrected chi connectivity index (χ0v) is 8.80. The van der Waals surface area contributed by atoms with E-state index in [4.69, 9.17) is 14.2 Å². The van der Waals surface area contributed by atoms with Crippen molar-refractivity contribution in [2.75, 3.05) is 0 Å². The average molecular weight is 218 g/mol. The minimum atomic E-state index is -1.03. The van der Waals surface area contributed by atoms with Crippen LogP contribution >= 0.6 is 0 Å². The van der Waals surface area contributed by atoms with Crippen molar-refractivity contribution in [3.05, 3.63) is 0 Å². The molecule has 1 heterocycles. The molecule has 0 amide bonds. The van der Waals surface area contributed by atoms with Crippen LogP contribution < -0.4 is 0 Å². The molecule has 0 aromatic carbocycles. The summed E-state index contributed by atoms with van der Waals surface area (Å²) in [5, 5.41) is 9.60. The molecular formula is C9H14O6. The number of hydrogen-bond acceptors (Lipinski definition) is 6. The van der Waals surface area contributed by atoms with Gasteiger partial charge < -0.3 is 19.3 Å². The molecule has 0 radical (unpaired) electrons. The van der Waals surface area contributed by atoms with Crippen LogP contribution in [0.5, 0.6) is 0 Å². The molecule has 15 heavy (non-hydrogen) atoms. The highest BCUT2D eigenvalue weighted by Gasteiger charge is 2.45. The summed E-state index contributed by atoms with van der Waals surface area (Å²) in [6.07, 6.45) is -3.52. The Balaban J connectivity index is 2.68. The van der Waals surface area contributed by atoms with Crippen LogP contribution in [0.4, 0.5) is 0 Å². The predicted octanol–water partition coefficient (Wildman–Crippen LogP) is -0.413. The summed E-state index contributed by atoms with van der Waals surface area (Å²) in [5.74, 6) is -1.12. The summed E-state index contributed by atoms with van der Waals surface area (Å²) >= 11 is 0. The van der Waals surface area contributed by atoms with E-state index in [1.54, 1.807) is 6.92 Å². The van der Waals surface area contributed by atoms with Gasteiger partial charge in [0.1, 0.15) is 6.10 Å². The molecule has 0 spiro atoms. The number of esters is 2. The Labute approximate surface area is 87.1 Å². The van der Waals surface area contributed by atoms with Crippen molar-refractivity contribution in [3.8, 4) is 0 Å². The lowest BCUT2D eigenvalue weighted by molar-refractivity contribution is -0.194. The van der Waals surface area contributed by atoms with Gasteiger partial charge in [-0.05, 0) is 6.92 Å². The van der Waals surface area contributed by atoms with E-state index < -0.39 is 36.5 Å². The first kappa shape index (κ1) is 11.9. The van der Waals surface area contributed by atoms with Gasteiger partial charge in [0, 0.05) is 13.8 Å². The monoisotopic (exact) mass is 218 g/mol.